The van der Waals surface area contributed by atoms with Crippen LogP contribution in [-0.4, -0.2) is 0 Å². The quantitative estimate of drug-likeness (QED) is 0.540. The van der Waals surface area contributed by atoms with Gasteiger partial charge in [0.2, 0.25) is 0 Å². The summed E-state index contributed by atoms with van der Waals surface area (Å²) in [5.74, 6) is 1.56. The summed E-state index contributed by atoms with van der Waals surface area (Å²) >= 11 is 6.07. The van der Waals surface area contributed by atoms with Gasteiger partial charge in [-0.1, -0.05) is 42.0 Å². The van der Waals surface area contributed by atoms with Crippen LogP contribution in [0, 0.1) is 6.92 Å². The summed E-state index contributed by atoms with van der Waals surface area (Å²) in [5.41, 5.74) is 2.14. The van der Waals surface area contributed by atoms with E-state index < -0.39 is 0 Å². The van der Waals surface area contributed by atoms with E-state index in [1.54, 1.807) is 12.2 Å². The van der Waals surface area contributed by atoms with Gasteiger partial charge in [-0.15, -0.1) is 0 Å². The van der Waals surface area contributed by atoms with Crippen LogP contribution >= 0.6 is 11.6 Å². The van der Waals surface area contributed by atoms with Crippen molar-refractivity contribution in [3.8, 4) is 5.75 Å². The molecule has 0 aliphatic heterocycles. The van der Waals surface area contributed by atoms with Crippen molar-refractivity contribution in [3.63, 3.8) is 0 Å². The molecule has 0 aliphatic rings. The Labute approximate surface area is 108 Å². The summed E-state index contributed by atoms with van der Waals surface area (Å²) in [6, 6.07) is 7.89. The maximum Gasteiger partial charge on any atom is 0.126 e. The lowest BCUT2D eigenvalue weighted by atomic mass is 10.2. The zero-order valence-corrected chi connectivity index (χ0v) is 11.2. The van der Waals surface area contributed by atoms with Gasteiger partial charge in [-0.25, -0.2) is 0 Å². The van der Waals surface area contributed by atoms with E-state index in [0.717, 1.165) is 17.1 Å². The molecule has 1 aromatic rings. The first-order valence-electron chi connectivity index (χ1n) is 5.44. The van der Waals surface area contributed by atoms with E-state index >= 15 is 0 Å². The molecule has 1 rings (SSSR count). The summed E-state index contributed by atoms with van der Waals surface area (Å²) in [6.45, 7) is 9.49. The fraction of sp³-hybridized carbons (Fsp3) is 0.200. The normalized spacial score (nSPS) is 13.1. The molecular weight excluding hydrogens is 232 g/mol. The summed E-state index contributed by atoms with van der Waals surface area (Å²) in [5, 5.41) is 0.643. The Balaban J connectivity index is 2.79. The van der Waals surface area contributed by atoms with Crippen LogP contribution < -0.4 is 4.74 Å². The lowest BCUT2D eigenvalue weighted by molar-refractivity contribution is 0.427. The number of rotatable bonds is 4. The SMILES string of the molecule is C=CC(C)=C(Cl)C=C(C)Oc1ccc(C)cc1. The van der Waals surface area contributed by atoms with E-state index in [1.807, 2.05) is 45.0 Å². The van der Waals surface area contributed by atoms with Crippen LogP contribution in [0.1, 0.15) is 19.4 Å². The number of benzene rings is 1. The van der Waals surface area contributed by atoms with Crippen LogP contribution in [0.3, 0.4) is 0 Å². The third kappa shape index (κ3) is 4.49. The molecular formula is C15H17ClO. The highest BCUT2D eigenvalue weighted by molar-refractivity contribution is 6.31. The van der Waals surface area contributed by atoms with Crippen LogP contribution in [0.15, 0.2) is 59.4 Å². The number of hydrogen-bond acceptors (Lipinski definition) is 1. The van der Waals surface area contributed by atoms with Crippen molar-refractivity contribution in [1.82, 2.24) is 0 Å². The molecule has 0 bridgehead atoms. The highest BCUT2D eigenvalue weighted by Crippen LogP contribution is 2.18. The predicted octanol–water partition coefficient (Wildman–Crippen LogP) is 4.98. The Hall–Kier alpha value is -1.47. The van der Waals surface area contributed by atoms with Crippen molar-refractivity contribution in [3.05, 3.63) is 64.9 Å². The first-order valence-corrected chi connectivity index (χ1v) is 5.82. The Morgan fingerprint density at radius 2 is 1.82 bits per heavy atom. The molecule has 0 radical (unpaired) electrons. The van der Waals surface area contributed by atoms with E-state index in [1.165, 1.54) is 5.56 Å². The minimum Gasteiger partial charge on any atom is -0.462 e. The largest absolute Gasteiger partial charge is 0.462 e. The summed E-state index contributed by atoms with van der Waals surface area (Å²) in [6.07, 6.45) is 3.51. The summed E-state index contributed by atoms with van der Waals surface area (Å²) < 4.78 is 5.64. The zero-order valence-electron chi connectivity index (χ0n) is 10.5. The second-order valence-corrected chi connectivity index (χ2v) is 4.31. The Morgan fingerprint density at radius 3 is 2.35 bits per heavy atom. The molecule has 0 saturated heterocycles. The Bertz CT molecular complexity index is 452. The molecule has 1 aromatic carbocycles. The van der Waals surface area contributed by atoms with Crippen molar-refractivity contribution in [2.75, 3.05) is 0 Å². The van der Waals surface area contributed by atoms with Gasteiger partial charge in [-0.05, 0) is 44.6 Å². The number of halogens is 1. The molecule has 0 spiro atoms. The van der Waals surface area contributed by atoms with Crippen molar-refractivity contribution in [1.29, 1.82) is 0 Å². The minimum atomic E-state index is 0.643. The van der Waals surface area contributed by atoms with Crippen LogP contribution in [0.5, 0.6) is 5.75 Å². The standard InChI is InChI=1S/C15H17ClO/c1-5-12(3)15(16)10-13(4)17-14-8-6-11(2)7-9-14/h5-10H,1H2,2-4H3. The van der Waals surface area contributed by atoms with E-state index in [-0.39, 0.29) is 0 Å². The second-order valence-electron chi connectivity index (χ2n) is 3.91. The lowest BCUT2D eigenvalue weighted by Crippen LogP contribution is -1.91. The van der Waals surface area contributed by atoms with Crippen LogP contribution in [-0.2, 0) is 0 Å². The Kier molecular flexibility index (Phi) is 5.05. The molecule has 1 nitrogen and oxygen atoms in total. The maximum absolute atomic E-state index is 6.07. The van der Waals surface area contributed by atoms with Gasteiger partial charge < -0.3 is 4.74 Å². The molecule has 0 heterocycles. The molecule has 0 fully saturated rings. The van der Waals surface area contributed by atoms with Crippen LogP contribution in [0.25, 0.3) is 0 Å². The summed E-state index contributed by atoms with van der Waals surface area (Å²) in [7, 11) is 0. The van der Waals surface area contributed by atoms with Gasteiger partial charge in [0, 0.05) is 5.03 Å². The molecule has 0 amide bonds. The van der Waals surface area contributed by atoms with Gasteiger partial charge in [0.25, 0.3) is 0 Å². The first-order chi connectivity index (χ1) is 8.02. The number of aryl methyl sites for hydroxylation is 1. The third-order valence-electron chi connectivity index (χ3n) is 2.31. The van der Waals surface area contributed by atoms with Gasteiger partial charge in [0.15, 0.2) is 0 Å². The summed E-state index contributed by atoms with van der Waals surface area (Å²) in [4.78, 5) is 0. The molecule has 2 heteroatoms. The van der Waals surface area contributed by atoms with E-state index in [4.69, 9.17) is 16.3 Å². The van der Waals surface area contributed by atoms with Gasteiger partial charge in [0.05, 0.1) is 0 Å². The van der Waals surface area contributed by atoms with E-state index in [9.17, 15) is 0 Å². The fourth-order valence-corrected chi connectivity index (χ4v) is 1.44. The monoisotopic (exact) mass is 248 g/mol. The average Bonchev–Trinajstić information content (AvgIpc) is 2.30. The van der Waals surface area contributed by atoms with Gasteiger partial charge in [-0.2, -0.15) is 0 Å². The number of ether oxygens (including phenoxy) is 1. The molecule has 0 unspecified atom stereocenters. The van der Waals surface area contributed by atoms with Crippen molar-refractivity contribution in [2.45, 2.75) is 20.8 Å². The highest BCUT2D eigenvalue weighted by atomic mass is 35.5. The third-order valence-corrected chi connectivity index (χ3v) is 2.72. The Morgan fingerprint density at radius 1 is 1.24 bits per heavy atom. The molecule has 0 N–H and O–H groups in total. The van der Waals surface area contributed by atoms with Crippen molar-refractivity contribution >= 4 is 11.6 Å². The smallest absolute Gasteiger partial charge is 0.126 e. The van der Waals surface area contributed by atoms with Crippen LogP contribution in [0.2, 0.25) is 0 Å². The van der Waals surface area contributed by atoms with E-state index in [2.05, 4.69) is 6.58 Å². The molecule has 0 aliphatic carbocycles. The van der Waals surface area contributed by atoms with E-state index in [0.29, 0.717) is 5.03 Å². The lowest BCUT2D eigenvalue weighted by Gasteiger charge is -2.06. The number of allylic oxidation sites excluding steroid dienone is 5. The van der Waals surface area contributed by atoms with Crippen molar-refractivity contribution < 1.29 is 4.74 Å². The molecule has 17 heavy (non-hydrogen) atoms. The van der Waals surface area contributed by atoms with Crippen molar-refractivity contribution in [2.24, 2.45) is 0 Å². The molecule has 0 atom stereocenters. The maximum atomic E-state index is 6.07. The average molecular weight is 249 g/mol. The first kappa shape index (κ1) is 13.6. The fourth-order valence-electron chi connectivity index (χ4n) is 1.21. The zero-order chi connectivity index (χ0) is 12.8. The van der Waals surface area contributed by atoms with Crippen LogP contribution in [0.4, 0.5) is 0 Å². The van der Waals surface area contributed by atoms with Gasteiger partial charge in [-0.3, -0.25) is 0 Å². The van der Waals surface area contributed by atoms with Gasteiger partial charge in [0.1, 0.15) is 11.5 Å². The van der Waals surface area contributed by atoms with Gasteiger partial charge >= 0.3 is 0 Å². The molecule has 90 valence electrons. The number of hydrogen-bond donors (Lipinski definition) is 0. The topological polar surface area (TPSA) is 9.23 Å². The second kappa shape index (κ2) is 6.31. The molecule has 0 saturated carbocycles. The predicted molar refractivity (Wildman–Crippen MR) is 74.3 cm³/mol. The molecule has 0 aromatic heterocycles. The highest BCUT2D eigenvalue weighted by Gasteiger charge is 1.98. The minimum absolute atomic E-state index is 0.643.